The molecular weight excluding hydrogens is 687 g/mol. The summed E-state index contributed by atoms with van der Waals surface area (Å²) in [4.78, 5) is 34.6. The fourth-order valence-electron chi connectivity index (χ4n) is 6.37. The van der Waals surface area contributed by atoms with Crippen molar-refractivity contribution in [3.05, 3.63) is 91.8 Å². The third kappa shape index (κ3) is 8.19. The van der Waals surface area contributed by atoms with Crippen LogP contribution in [-0.4, -0.2) is 79.5 Å². The Morgan fingerprint density at radius 2 is 1.67 bits per heavy atom. The molecule has 2 N–H and O–H groups in total. The minimum absolute atomic E-state index is 0.334. The smallest absolute Gasteiger partial charge is 0.337 e. The number of nitrogens with zero attached hydrogens (tertiary/aromatic N) is 4. The summed E-state index contributed by atoms with van der Waals surface area (Å²) in [5, 5.41) is 9.86. The number of carbonyl (C=O) groups is 2. The van der Waals surface area contributed by atoms with Gasteiger partial charge >= 0.3 is 5.97 Å². The van der Waals surface area contributed by atoms with Crippen LogP contribution >= 0.6 is 23.2 Å². The zero-order chi connectivity index (χ0) is 37.1. The molecule has 5 rings (SSSR count). The number of fused-ring (bicyclic) bond motifs is 1. The van der Waals surface area contributed by atoms with Gasteiger partial charge in [0.1, 0.15) is 11.4 Å². The normalized spacial score (nSPS) is 11.4. The summed E-state index contributed by atoms with van der Waals surface area (Å²) in [7, 11) is 9.20. The molecule has 270 valence electrons. The van der Waals surface area contributed by atoms with Crippen molar-refractivity contribution in [1.29, 1.82) is 0 Å². The van der Waals surface area contributed by atoms with Crippen LogP contribution in [0, 0.1) is 27.7 Å². The Balaban J connectivity index is 1.54. The van der Waals surface area contributed by atoms with Crippen molar-refractivity contribution in [2.45, 2.75) is 40.5 Å². The number of aromatic nitrogens is 3. The fourth-order valence-corrected chi connectivity index (χ4v) is 6.73. The van der Waals surface area contributed by atoms with Crippen molar-refractivity contribution in [2.24, 2.45) is 7.05 Å². The zero-order valence-electron chi connectivity index (χ0n) is 30.8. The molecule has 10 nitrogen and oxygen atoms in total. The number of aryl methyl sites for hydroxylation is 5. The second kappa shape index (κ2) is 15.8. The number of hydrogen-bond donors (Lipinski definition) is 2. The predicted octanol–water partition coefficient (Wildman–Crippen LogP) is 8.16. The number of carbonyl (C=O) groups excluding carboxylic acids is 2. The van der Waals surface area contributed by atoms with Crippen molar-refractivity contribution in [3.63, 3.8) is 0 Å². The number of hydrogen-bond acceptors (Lipinski definition) is 7. The number of H-pyrrole nitrogens is 1. The quantitative estimate of drug-likeness (QED) is 0.0930. The average molecular weight is 734 g/mol. The van der Waals surface area contributed by atoms with E-state index in [0.29, 0.717) is 48.0 Å². The standard InChI is InChI=1S/C39H46Cl2N6O4/c1-22-17-29(18-23(2)35(22)41)51-16-10-11-30-31-12-13-32(40)34(33-24(3)44-47(8)25(33)4)36(31)43-37(30)38(48)42-27-19-26(39(49)50-9)20-28(21-27)46(7)15-14-45(5)6/h12-13,17-21,43H,10-11,14-16H2,1-9H3,(H,42,48). The van der Waals surface area contributed by atoms with Crippen LogP contribution in [0.5, 0.6) is 5.75 Å². The van der Waals surface area contributed by atoms with Gasteiger partial charge in [0.05, 0.1) is 35.5 Å². The van der Waals surface area contributed by atoms with E-state index in [4.69, 9.17) is 32.7 Å². The summed E-state index contributed by atoms with van der Waals surface area (Å²) in [5.41, 5.74) is 8.96. The van der Waals surface area contributed by atoms with Crippen molar-refractivity contribution < 1.29 is 19.1 Å². The van der Waals surface area contributed by atoms with Crippen molar-refractivity contribution in [1.82, 2.24) is 19.7 Å². The number of amides is 1. The van der Waals surface area contributed by atoms with Gasteiger partial charge in [0.15, 0.2) is 0 Å². The summed E-state index contributed by atoms with van der Waals surface area (Å²) in [6, 6.07) is 12.9. The molecule has 0 aliphatic heterocycles. The summed E-state index contributed by atoms with van der Waals surface area (Å²) in [6.45, 7) is 9.82. The molecule has 0 saturated carbocycles. The first-order valence-corrected chi connectivity index (χ1v) is 17.6. The first-order valence-electron chi connectivity index (χ1n) is 16.8. The van der Waals surface area contributed by atoms with Gasteiger partial charge < -0.3 is 29.6 Å². The van der Waals surface area contributed by atoms with E-state index in [2.05, 4.69) is 20.3 Å². The summed E-state index contributed by atoms with van der Waals surface area (Å²) < 4.78 is 13.0. The maximum atomic E-state index is 14.3. The molecule has 2 aromatic heterocycles. The molecule has 12 heteroatoms. The first kappa shape index (κ1) is 37.7. The van der Waals surface area contributed by atoms with Crippen LogP contribution in [0.3, 0.4) is 0 Å². The van der Waals surface area contributed by atoms with Gasteiger partial charge in [0.25, 0.3) is 5.91 Å². The highest BCUT2D eigenvalue weighted by atomic mass is 35.5. The SMILES string of the molecule is COC(=O)c1cc(NC(=O)c2[nH]c3c(-c4c(C)nn(C)c4C)c(Cl)ccc3c2CCCOc2cc(C)c(Cl)c(C)c2)cc(N(C)CCN(C)C)c1. The van der Waals surface area contributed by atoms with E-state index in [1.54, 1.807) is 12.1 Å². The van der Waals surface area contributed by atoms with Crippen LogP contribution in [0.2, 0.25) is 10.0 Å². The van der Waals surface area contributed by atoms with E-state index in [1.165, 1.54) is 7.11 Å². The Hall–Kier alpha value is -4.51. The molecule has 0 spiro atoms. The molecular formula is C39H46Cl2N6O4. The van der Waals surface area contributed by atoms with Crippen LogP contribution in [0.15, 0.2) is 42.5 Å². The fraction of sp³-hybridized carbons (Fsp3) is 0.359. The molecule has 0 aliphatic rings. The van der Waals surface area contributed by atoms with E-state index in [1.807, 2.05) is 95.8 Å². The monoisotopic (exact) mass is 732 g/mol. The van der Waals surface area contributed by atoms with Crippen molar-refractivity contribution >= 4 is 57.4 Å². The second-order valence-corrected chi connectivity index (χ2v) is 14.0. The molecule has 5 aromatic rings. The topological polar surface area (TPSA) is 105 Å². The Kier molecular flexibility index (Phi) is 11.7. The molecule has 0 fully saturated rings. The third-order valence-electron chi connectivity index (χ3n) is 9.19. The number of ether oxygens (including phenoxy) is 2. The number of nitrogens with one attached hydrogen (secondary N) is 2. The van der Waals surface area contributed by atoms with Crippen molar-refractivity contribution in [3.8, 4) is 16.9 Å². The van der Waals surface area contributed by atoms with Gasteiger partial charge in [-0.15, -0.1) is 0 Å². The van der Waals surface area contributed by atoms with E-state index in [0.717, 1.165) is 73.1 Å². The molecule has 0 saturated heterocycles. The van der Waals surface area contributed by atoms with Gasteiger partial charge in [-0.05, 0) is 108 Å². The van der Waals surface area contributed by atoms with Gasteiger partial charge in [-0.2, -0.15) is 5.10 Å². The highest BCUT2D eigenvalue weighted by molar-refractivity contribution is 6.35. The minimum Gasteiger partial charge on any atom is -0.494 e. The number of rotatable bonds is 13. The minimum atomic E-state index is -0.493. The molecule has 3 aromatic carbocycles. The lowest BCUT2D eigenvalue weighted by molar-refractivity contribution is 0.0600. The van der Waals surface area contributed by atoms with Crippen LogP contribution in [-0.2, 0) is 18.2 Å². The number of esters is 1. The Labute approximate surface area is 309 Å². The molecule has 0 aliphatic carbocycles. The second-order valence-electron chi connectivity index (χ2n) is 13.3. The van der Waals surface area contributed by atoms with Gasteiger partial charge in [-0.3, -0.25) is 9.48 Å². The highest BCUT2D eigenvalue weighted by Gasteiger charge is 2.25. The lowest BCUT2D eigenvalue weighted by Gasteiger charge is -2.23. The van der Waals surface area contributed by atoms with Gasteiger partial charge in [0, 0.05) is 65.8 Å². The number of aromatic amines is 1. The van der Waals surface area contributed by atoms with Gasteiger partial charge in [0.2, 0.25) is 0 Å². The molecule has 0 atom stereocenters. The zero-order valence-corrected chi connectivity index (χ0v) is 32.3. The number of halogens is 2. The molecule has 2 heterocycles. The largest absolute Gasteiger partial charge is 0.494 e. The number of anilines is 2. The maximum Gasteiger partial charge on any atom is 0.337 e. The Bertz CT molecular complexity index is 2080. The van der Waals surface area contributed by atoms with E-state index < -0.39 is 5.97 Å². The van der Waals surface area contributed by atoms with Crippen LogP contribution in [0.4, 0.5) is 11.4 Å². The third-order valence-corrected chi connectivity index (χ3v) is 10.1. The van der Waals surface area contributed by atoms with Crippen LogP contribution < -0.4 is 15.0 Å². The molecule has 0 unspecified atom stereocenters. The Morgan fingerprint density at radius 3 is 2.29 bits per heavy atom. The molecule has 51 heavy (non-hydrogen) atoms. The van der Waals surface area contributed by atoms with Crippen LogP contribution in [0.25, 0.3) is 22.0 Å². The lowest BCUT2D eigenvalue weighted by Crippen LogP contribution is -2.28. The highest BCUT2D eigenvalue weighted by Crippen LogP contribution is 2.40. The summed E-state index contributed by atoms with van der Waals surface area (Å²) in [5.74, 6) is -0.0938. The number of methoxy groups -OCH3 is 1. The van der Waals surface area contributed by atoms with E-state index >= 15 is 0 Å². The Morgan fingerprint density at radius 1 is 0.961 bits per heavy atom. The molecule has 1 amide bonds. The number of likely N-dealkylation sites (N-methyl/N-ethyl adjacent to an activating group) is 2. The van der Waals surface area contributed by atoms with Crippen LogP contribution in [0.1, 0.15) is 55.3 Å². The maximum absolute atomic E-state index is 14.3. The molecule has 0 bridgehead atoms. The summed E-state index contributed by atoms with van der Waals surface area (Å²) in [6.07, 6.45) is 1.18. The van der Waals surface area contributed by atoms with Crippen molar-refractivity contribution in [2.75, 3.05) is 58.2 Å². The average Bonchev–Trinajstić information content (AvgIpc) is 3.58. The predicted molar refractivity (Wildman–Crippen MR) is 207 cm³/mol. The lowest BCUT2D eigenvalue weighted by atomic mass is 9.98. The first-order chi connectivity index (χ1) is 24.2. The molecule has 0 radical (unpaired) electrons. The van der Waals surface area contributed by atoms with E-state index in [-0.39, 0.29) is 5.91 Å². The summed E-state index contributed by atoms with van der Waals surface area (Å²) >= 11 is 13.3. The van der Waals surface area contributed by atoms with Gasteiger partial charge in [-0.1, -0.05) is 29.3 Å². The van der Waals surface area contributed by atoms with Gasteiger partial charge in [-0.25, -0.2) is 4.79 Å². The number of benzene rings is 3. The van der Waals surface area contributed by atoms with E-state index in [9.17, 15) is 9.59 Å².